The standard InChI is InChI=1S/C14H17FN2O3/c1-8-3-2-4-11(15)12(8)17-14(20)16-10-6-5-9(7-10)13(18)19/h2-4,9-10H,5-7H2,1H3,(H,18,19)(H2,16,17,20)/t9-,10+/m1/s1. The van der Waals surface area contributed by atoms with E-state index in [2.05, 4.69) is 10.6 Å². The number of carboxylic acids is 1. The largest absolute Gasteiger partial charge is 0.481 e. The molecule has 0 aromatic heterocycles. The van der Waals surface area contributed by atoms with Crippen LogP contribution in [0.5, 0.6) is 0 Å². The van der Waals surface area contributed by atoms with Crippen LogP contribution in [0, 0.1) is 18.7 Å². The minimum absolute atomic E-state index is 0.151. The quantitative estimate of drug-likeness (QED) is 0.796. The van der Waals surface area contributed by atoms with Gasteiger partial charge in [-0.05, 0) is 37.8 Å². The number of carboxylic acid groups (broad SMARTS) is 1. The van der Waals surface area contributed by atoms with Crippen molar-refractivity contribution in [1.82, 2.24) is 5.32 Å². The summed E-state index contributed by atoms with van der Waals surface area (Å²) in [5.74, 6) is -1.73. The van der Waals surface area contributed by atoms with Crippen molar-refractivity contribution >= 4 is 17.7 Å². The molecule has 20 heavy (non-hydrogen) atoms. The maximum Gasteiger partial charge on any atom is 0.319 e. The van der Waals surface area contributed by atoms with Gasteiger partial charge in [-0.15, -0.1) is 0 Å². The summed E-state index contributed by atoms with van der Waals surface area (Å²) in [7, 11) is 0. The fraction of sp³-hybridized carbons (Fsp3) is 0.429. The molecule has 1 aromatic rings. The molecular formula is C14H17FN2O3. The van der Waals surface area contributed by atoms with Gasteiger partial charge < -0.3 is 15.7 Å². The molecule has 0 aliphatic heterocycles. The first kappa shape index (κ1) is 14.3. The second kappa shape index (κ2) is 5.90. The molecule has 6 heteroatoms. The third-order valence-electron chi connectivity index (χ3n) is 3.58. The van der Waals surface area contributed by atoms with Gasteiger partial charge in [0.05, 0.1) is 11.6 Å². The van der Waals surface area contributed by atoms with Gasteiger partial charge in [-0.2, -0.15) is 0 Å². The maximum absolute atomic E-state index is 13.6. The number of anilines is 1. The zero-order valence-electron chi connectivity index (χ0n) is 11.1. The molecule has 2 amide bonds. The number of carbonyl (C=O) groups is 2. The van der Waals surface area contributed by atoms with E-state index in [-0.39, 0.29) is 11.7 Å². The normalized spacial score (nSPS) is 21.5. The molecule has 108 valence electrons. The van der Waals surface area contributed by atoms with Crippen molar-refractivity contribution in [3.8, 4) is 0 Å². The van der Waals surface area contributed by atoms with Gasteiger partial charge >= 0.3 is 12.0 Å². The summed E-state index contributed by atoms with van der Waals surface area (Å²) in [4.78, 5) is 22.6. The van der Waals surface area contributed by atoms with E-state index in [1.54, 1.807) is 19.1 Å². The van der Waals surface area contributed by atoms with Gasteiger partial charge in [-0.1, -0.05) is 12.1 Å². The Balaban J connectivity index is 1.92. The molecule has 1 saturated carbocycles. The second-order valence-electron chi connectivity index (χ2n) is 5.08. The van der Waals surface area contributed by atoms with Gasteiger partial charge in [0.1, 0.15) is 5.82 Å². The predicted octanol–water partition coefficient (Wildman–Crippen LogP) is 2.51. The topological polar surface area (TPSA) is 78.4 Å². The van der Waals surface area contributed by atoms with Crippen molar-refractivity contribution in [3.05, 3.63) is 29.6 Å². The van der Waals surface area contributed by atoms with E-state index in [9.17, 15) is 14.0 Å². The highest BCUT2D eigenvalue weighted by atomic mass is 19.1. The van der Waals surface area contributed by atoms with Gasteiger partial charge in [0.2, 0.25) is 0 Å². The average molecular weight is 280 g/mol. The second-order valence-corrected chi connectivity index (χ2v) is 5.08. The number of amides is 2. The van der Waals surface area contributed by atoms with Crippen LogP contribution in [0.1, 0.15) is 24.8 Å². The van der Waals surface area contributed by atoms with Gasteiger partial charge in [0.15, 0.2) is 0 Å². The van der Waals surface area contributed by atoms with Gasteiger partial charge in [0.25, 0.3) is 0 Å². The zero-order chi connectivity index (χ0) is 14.7. The SMILES string of the molecule is Cc1cccc(F)c1NC(=O)N[C@H]1CC[C@@H](C(=O)O)C1. The van der Waals surface area contributed by atoms with Crippen LogP contribution in [0.3, 0.4) is 0 Å². The van der Waals surface area contributed by atoms with Crippen molar-refractivity contribution in [2.45, 2.75) is 32.2 Å². The number of urea groups is 1. The maximum atomic E-state index is 13.6. The molecule has 3 N–H and O–H groups in total. The van der Waals surface area contributed by atoms with Gasteiger partial charge in [0, 0.05) is 6.04 Å². The Labute approximate surface area is 116 Å². The fourth-order valence-electron chi connectivity index (χ4n) is 2.46. The summed E-state index contributed by atoms with van der Waals surface area (Å²) in [5.41, 5.74) is 0.785. The highest BCUT2D eigenvalue weighted by Crippen LogP contribution is 2.26. The fourth-order valence-corrected chi connectivity index (χ4v) is 2.46. The minimum Gasteiger partial charge on any atom is -0.481 e. The smallest absolute Gasteiger partial charge is 0.319 e. The van der Waals surface area contributed by atoms with Crippen LogP contribution < -0.4 is 10.6 Å². The molecule has 2 atom stereocenters. The molecule has 2 rings (SSSR count). The molecule has 0 bridgehead atoms. The van der Waals surface area contributed by atoms with Crippen molar-refractivity contribution in [2.24, 2.45) is 5.92 Å². The molecule has 1 aliphatic rings. The number of nitrogens with one attached hydrogen (secondary N) is 2. The number of carbonyl (C=O) groups excluding carboxylic acids is 1. The molecule has 0 saturated heterocycles. The lowest BCUT2D eigenvalue weighted by molar-refractivity contribution is -0.141. The average Bonchev–Trinajstić information content (AvgIpc) is 2.82. The van der Waals surface area contributed by atoms with Crippen LogP contribution in [-0.4, -0.2) is 23.1 Å². The summed E-state index contributed by atoms with van der Waals surface area (Å²) < 4.78 is 13.6. The number of para-hydroxylation sites is 1. The van der Waals surface area contributed by atoms with Crippen molar-refractivity contribution in [2.75, 3.05) is 5.32 Å². The third-order valence-corrected chi connectivity index (χ3v) is 3.58. The Morgan fingerprint density at radius 3 is 2.70 bits per heavy atom. The Bertz CT molecular complexity index is 513. The van der Waals surface area contributed by atoms with Crippen LogP contribution >= 0.6 is 0 Å². The first-order valence-electron chi connectivity index (χ1n) is 6.53. The summed E-state index contributed by atoms with van der Waals surface area (Å²) in [6, 6.07) is 3.87. The summed E-state index contributed by atoms with van der Waals surface area (Å²) >= 11 is 0. The lowest BCUT2D eigenvalue weighted by Gasteiger charge is -2.15. The van der Waals surface area contributed by atoms with Crippen molar-refractivity contribution in [1.29, 1.82) is 0 Å². The first-order chi connectivity index (χ1) is 9.47. The van der Waals surface area contributed by atoms with E-state index < -0.39 is 23.7 Å². The molecule has 1 aliphatic carbocycles. The number of hydrogen-bond donors (Lipinski definition) is 3. The van der Waals surface area contributed by atoms with Gasteiger partial charge in [-0.3, -0.25) is 4.79 Å². The van der Waals surface area contributed by atoms with Crippen LogP contribution in [-0.2, 0) is 4.79 Å². The lowest BCUT2D eigenvalue weighted by atomic mass is 10.1. The van der Waals surface area contributed by atoms with Crippen molar-refractivity contribution in [3.63, 3.8) is 0 Å². The zero-order valence-corrected chi connectivity index (χ0v) is 11.1. The predicted molar refractivity (Wildman–Crippen MR) is 72.1 cm³/mol. The number of aryl methyl sites for hydroxylation is 1. The Hall–Kier alpha value is -2.11. The number of aliphatic carboxylic acids is 1. The molecule has 0 radical (unpaired) electrons. The Morgan fingerprint density at radius 2 is 2.10 bits per heavy atom. The number of halogens is 1. The third kappa shape index (κ3) is 3.26. The minimum atomic E-state index is -0.834. The summed E-state index contributed by atoms with van der Waals surface area (Å²) in [5, 5.41) is 14.1. The monoisotopic (exact) mass is 280 g/mol. The van der Waals surface area contributed by atoms with E-state index in [0.717, 1.165) is 0 Å². The van der Waals surface area contributed by atoms with E-state index in [1.165, 1.54) is 6.07 Å². The van der Waals surface area contributed by atoms with E-state index in [4.69, 9.17) is 5.11 Å². The number of benzene rings is 1. The van der Waals surface area contributed by atoms with Crippen LogP contribution in [0.4, 0.5) is 14.9 Å². The van der Waals surface area contributed by atoms with Crippen molar-refractivity contribution < 1.29 is 19.1 Å². The summed E-state index contributed by atoms with van der Waals surface area (Å²) in [6.45, 7) is 1.70. The molecule has 1 aromatic carbocycles. The Kier molecular flexibility index (Phi) is 4.22. The molecular weight excluding hydrogens is 263 g/mol. The van der Waals surface area contributed by atoms with Crippen LogP contribution in [0.15, 0.2) is 18.2 Å². The molecule has 5 nitrogen and oxygen atoms in total. The number of hydrogen-bond acceptors (Lipinski definition) is 2. The molecule has 0 spiro atoms. The highest BCUT2D eigenvalue weighted by Gasteiger charge is 2.30. The van der Waals surface area contributed by atoms with E-state index >= 15 is 0 Å². The molecule has 0 heterocycles. The van der Waals surface area contributed by atoms with Crippen LogP contribution in [0.2, 0.25) is 0 Å². The number of rotatable bonds is 3. The van der Waals surface area contributed by atoms with Gasteiger partial charge in [-0.25, -0.2) is 9.18 Å². The van der Waals surface area contributed by atoms with E-state index in [1.807, 2.05) is 0 Å². The Morgan fingerprint density at radius 1 is 1.35 bits per heavy atom. The van der Waals surface area contributed by atoms with Crippen LogP contribution in [0.25, 0.3) is 0 Å². The molecule has 0 unspecified atom stereocenters. The highest BCUT2D eigenvalue weighted by molar-refractivity contribution is 5.90. The lowest BCUT2D eigenvalue weighted by Crippen LogP contribution is -2.37. The summed E-state index contributed by atoms with van der Waals surface area (Å²) in [6.07, 6.45) is 1.60. The molecule has 1 fully saturated rings. The first-order valence-corrected chi connectivity index (χ1v) is 6.53. The van der Waals surface area contributed by atoms with E-state index in [0.29, 0.717) is 24.8 Å².